The number of nitrogen functional groups attached to an aromatic ring is 1. The molecule has 0 unspecified atom stereocenters. The molecule has 2 rings (SSSR count). The number of aromatic nitrogens is 1. The van der Waals surface area contributed by atoms with E-state index in [9.17, 15) is 4.79 Å². The highest BCUT2D eigenvalue weighted by Gasteiger charge is 2.15. The Morgan fingerprint density at radius 1 is 1.44 bits per heavy atom. The molecule has 2 aromatic rings. The first-order valence-corrected chi connectivity index (χ1v) is 5.45. The van der Waals surface area contributed by atoms with E-state index in [0.29, 0.717) is 17.1 Å². The number of pyridine rings is 1. The van der Waals surface area contributed by atoms with Gasteiger partial charge in [0.05, 0.1) is 28.2 Å². The lowest BCUT2D eigenvalue weighted by Gasteiger charge is -2.12. The van der Waals surface area contributed by atoms with Crippen molar-refractivity contribution in [1.29, 1.82) is 0 Å². The molecule has 18 heavy (non-hydrogen) atoms. The van der Waals surface area contributed by atoms with E-state index in [1.54, 1.807) is 24.5 Å². The number of aromatic carboxylic acids is 1. The quantitative estimate of drug-likeness (QED) is 0.741. The van der Waals surface area contributed by atoms with Crippen molar-refractivity contribution in [3.8, 4) is 0 Å². The molecular weight excluding hydrogens is 254 g/mol. The maximum atomic E-state index is 11.1. The lowest BCUT2D eigenvalue weighted by atomic mass is 10.1. The summed E-state index contributed by atoms with van der Waals surface area (Å²) >= 11 is 6.00. The van der Waals surface area contributed by atoms with Gasteiger partial charge < -0.3 is 16.2 Å². The molecule has 0 aliphatic carbocycles. The fourth-order valence-corrected chi connectivity index (χ4v) is 1.78. The van der Waals surface area contributed by atoms with E-state index < -0.39 is 5.97 Å². The Morgan fingerprint density at radius 2 is 2.22 bits per heavy atom. The minimum absolute atomic E-state index is 0.0175. The van der Waals surface area contributed by atoms with Gasteiger partial charge in [0.15, 0.2) is 0 Å². The maximum Gasteiger partial charge on any atom is 0.337 e. The lowest BCUT2D eigenvalue weighted by Crippen LogP contribution is -2.05. The van der Waals surface area contributed by atoms with E-state index in [-0.39, 0.29) is 10.6 Å². The summed E-state index contributed by atoms with van der Waals surface area (Å²) in [6.45, 7) is 0. The van der Waals surface area contributed by atoms with Gasteiger partial charge in [-0.1, -0.05) is 11.6 Å². The number of anilines is 3. The molecule has 1 aromatic carbocycles. The highest BCUT2D eigenvalue weighted by atomic mass is 35.5. The Labute approximate surface area is 108 Å². The van der Waals surface area contributed by atoms with Crippen molar-refractivity contribution < 1.29 is 9.90 Å². The summed E-state index contributed by atoms with van der Waals surface area (Å²) in [5, 5.41) is 12.3. The molecule has 0 bridgehead atoms. The van der Waals surface area contributed by atoms with Crippen LogP contribution in [-0.2, 0) is 0 Å². The van der Waals surface area contributed by atoms with Crippen molar-refractivity contribution in [3.63, 3.8) is 0 Å². The number of nitrogens with two attached hydrogens (primary N) is 1. The molecule has 92 valence electrons. The molecule has 1 aromatic heterocycles. The van der Waals surface area contributed by atoms with Gasteiger partial charge in [-0.25, -0.2) is 4.79 Å². The van der Waals surface area contributed by atoms with Crippen LogP contribution in [0.5, 0.6) is 0 Å². The van der Waals surface area contributed by atoms with E-state index >= 15 is 0 Å². The van der Waals surface area contributed by atoms with Crippen molar-refractivity contribution >= 4 is 34.6 Å². The first-order valence-electron chi connectivity index (χ1n) is 5.07. The molecule has 0 amide bonds. The van der Waals surface area contributed by atoms with Crippen LogP contribution in [0.3, 0.4) is 0 Å². The van der Waals surface area contributed by atoms with Crippen LogP contribution in [0.1, 0.15) is 10.4 Å². The fraction of sp³-hybridized carbons (Fsp3) is 0. The third-order valence-electron chi connectivity index (χ3n) is 2.27. The topological polar surface area (TPSA) is 88.2 Å². The molecule has 5 nitrogen and oxygen atoms in total. The summed E-state index contributed by atoms with van der Waals surface area (Å²) in [6, 6.07) is 6.33. The highest BCUT2D eigenvalue weighted by molar-refractivity contribution is 6.34. The van der Waals surface area contributed by atoms with Crippen LogP contribution < -0.4 is 11.1 Å². The maximum absolute atomic E-state index is 11.1. The molecule has 1 heterocycles. The number of nitrogens with zero attached hydrogens (tertiary/aromatic N) is 1. The zero-order chi connectivity index (χ0) is 13.1. The van der Waals surface area contributed by atoms with E-state index in [1.165, 1.54) is 12.1 Å². The second-order valence-corrected chi connectivity index (χ2v) is 4.00. The van der Waals surface area contributed by atoms with Gasteiger partial charge in [0.2, 0.25) is 0 Å². The lowest BCUT2D eigenvalue weighted by molar-refractivity contribution is 0.0698. The summed E-state index contributed by atoms with van der Waals surface area (Å²) in [7, 11) is 0. The van der Waals surface area contributed by atoms with Gasteiger partial charge in [-0.05, 0) is 24.3 Å². The molecule has 0 saturated carbocycles. The van der Waals surface area contributed by atoms with Gasteiger partial charge in [-0.2, -0.15) is 0 Å². The van der Waals surface area contributed by atoms with Gasteiger partial charge in [-0.3, -0.25) is 4.98 Å². The monoisotopic (exact) mass is 263 g/mol. The van der Waals surface area contributed by atoms with E-state index in [4.69, 9.17) is 22.4 Å². The number of carbonyl (C=O) groups is 1. The van der Waals surface area contributed by atoms with Crippen molar-refractivity contribution in [3.05, 3.63) is 47.2 Å². The zero-order valence-electron chi connectivity index (χ0n) is 9.22. The highest BCUT2D eigenvalue weighted by Crippen LogP contribution is 2.31. The molecule has 0 saturated heterocycles. The summed E-state index contributed by atoms with van der Waals surface area (Å²) in [5.74, 6) is -1.10. The Balaban J connectivity index is 2.47. The average Bonchev–Trinajstić information content (AvgIpc) is 2.33. The molecule has 6 heteroatoms. The SMILES string of the molecule is Nc1cc(Cl)c(Nc2cccnc2)c(C(=O)O)c1. The van der Waals surface area contributed by atoms with Crippen LogP contribution in [0.15, 0.2) is 36.7 Å². The summed E-state index contributed by atoms with van der Waals surface area (Å²) in [5.41, 5.74) is 6.83. The predicted molar refractivity (Wildman–Crippen MR) is 70.3 cm³/mol. The fourth-order valence-electron chi connectivity index (χ4n) is 1.50. The van der Waals surface area contributed by atoms with Crippen LogP contribution in [-0.4, -0.2) is 16.1 Å². The summed E-state index contributed by atoms with van der Waals surface area (Å²) in [6.07, 6.45) is 3.19. The second-order valence-electron chi connectivity index (χ2n) is 3.60. The van der Waals surface area contributed by atoms with Gasteiger partial charge in [0.25, 0.3) is 0 Å². The smallest absolute Gasteiger partial charge is 0.337 e. The van der Waals surface area contributed by atoms with Gasteiger partial charge in [-0.15, -0.1) is 0 Å². The minimum atomic E-state index is -1.10. The standard InChI is InChI=1S/C12H10ClN3O2/c13-10-5-7(14)4-9(12(17)18)11(10)16-8-2-1-3-15-6-8/h1-6,16H,14H2,(H,17,18). The third-order valence-corrected chi connectivity index (χ3v) is 2.57. The van der Waals surface area contributed by atoms with Crippen LogP contribution in [0.4, 0.5) is 17.1 Å². The summed E-state index contributed by atoms with van der Waals surface area (Å²) in [4.78, 5) is 15.1. The van der Waals surface area contributed by atoms with E-state index in [1.807, 2.05) is 0 Å². The largest absolute Gasteiger partial charge is 0.478 e. The first kappa shape index (κ1) is 12.2. The van der Waals surface area contributed by atoms with Crippen LogP contribution >= 0.6 is 11.6 Å². The second kappa shape index (κ2) is 4.93. The van der Waals surface area contributed by atoms with Crippen molar-refractivity contribution in [2.45, 2.75) is 0 Å². The van der Waals surface area contributed by atoms with E-state index in [2.05, 4.69) is 10.3 Å². The number of benzene rings is 1. The molecule has 0 atom stereocenters. The minimum Gasteiger partial charge on any atom is -0.478 e. The first-order chi connectivity index (χ1) is 8.58. The molecule has 0 aliphatic rings. The van der Waals surface area contributed by atoms with Gasteiger partial charge in [0, 0.05) is 11.9 Å². The number of halogens is 1. The molecule has 0 fully saturated rings. The molecule has 0 aliphatic heterocycles. The normalized spacial score (nSPS) is 10.1. The van der Waals surface area contributed by atoms with Crippen molar-refractivity contribution in [2.24, 2.45) is 0 Å². The van der Waals surface area contributed by atoms with Crippen LogP contribution in [0.2, 0.25) is 5.02 Å². The zero-order valence-corrected chi connectivity index (χ0v) is 9.98. The van der Waals surface area contributed by atoms with Crippen molar-refractivity contribution in [2.75, 3.05) is 11.1 Å². The van der Waals surface area contributed by atoms with Crippen molar-refractivity contribution in [1.82, 2.24) is 4.98 Å². The number of nitrogens with one attached hydrogen (secondary N) is 1. The Bertz CT molecular complexity index is 587. The van der Waals surface area contributed by atoms with Gasteiger partial charge >= 0.3 is 5.97 Å². The predicted octanol–water partition coefficient (Wildman–Crippen LogP) is 2.76. The van der Waals surface area contributed by atoms with Crippen LogP contribution in [0.25, 0.3) is 0 Å². The number of hydrogen-bond donors (Lipinski definition) is 3. The van der Waals surface area contributed by atoms with Crippen LogP contribution in [0, 0.1) is 0 Å². The van der Waals surface area contributed by atoms with Gasteiger partial charge in [0.1, 0.15) is 0 Å². The Morgan fingerprint density at radius 3 is 2.83 bits per heavy atom. The number of rotatable bonds is 3. The molecule has 0 radical (unpaired) electrons. The molecule has 0 spiro atoms. The van der Waals surface area contributed by atoms with E-state index in [0.717, 1.165) is 0 Å². The Hall–Kier alpha value is -2.27. The number of carboxylic acid groups (broad SMARTS) is 1. The molecular formula is C12H10ClN3O2. The number of carboxylic acids is 1. The third kappa shape index (κ3) is 2.52. The molecule has 4 N–H and O–H groups in total. The average molecular weight is 264 g/mol. The number of hydrogen-bond acceptors (Lipinski definition) is 4. The summed E-state index contributed by atoms with van der Waals surface area (Å²) < 4.78 is 0. The Kier molecular flexibility index (Phi) is 3.34.